The lowest BCUT2D eigenvalue weighted by Crippen LogP contribution is -2.14. The molecule has 5 nitrogen and oxygen atoms in total. The molecule has 1 aliphatic heterocycles. The summed E-state index contributed by atoms with van der Waals surface area (Å²) < 4.78 is 3.19. The van der Waals surface area contributed by atoms with Crippen molar-refractivity contribution in [2.45, 2.75) is 24.3 Å². The van der Waals surface area contributed by atoms with Crippen molar-refractivity contribution in [2.75, 3.05) is 11.1 Å². The molecule has 26 heavy (non-hydrogen) atoms. The molecule has 0 bridgehead atoms. The number of benzene rings is 2. The molecule has 1 amide bonds. The lowest BCUT2D eigenvalue weighted by molar-refractivity contribution is -0.113. The fourth-order valence-electron chi connectivity index (χ4n) is 2.98. The Morgan fingerprint density at radius 3 is 2.88 bits per heavy atom. The molecule has 0 saturated heterocycles. The number of rotatable bonds is 5. The molecule has 0 spiro atoms. The Balaban J connectivity index is 1.42. The van der Waals surface area contributed by atoms with E-state index in [2.05, 4.69) is 36.0 Å². The van der Waals surface area contributed by atoms with Crippen molar-refractivity contribution >= 4 is 39.3 Å². The number of amides is 1. The predicted molar refractivity (Wildman–Crippen MR) is 107 cm³/mol. The number of hydrogen-bond donors (Lipinski definition) is 1. The third kappa shape index (κ3) is 3.83. The summed E-state index contributed by atoms with van der Waals surface area (Å²) in [5.74, 6) is 2.26. The summed E-state index contributed by atoms with van der Waals surface area (Å²) in [6.07, 6.45) is 2.10. The van der Waals surface area contributed by atoms with E-state index in [9.17, 15) is 4.79 Å². The van der Waals surface area contributed by atoms with E-state index in [-0.39, 0.29) is 5.91 Å². The second-order valence-corrected chi connectivity index (χ2v) is 8.03. The van der Waals surface area contributed by atoms with Crippen LogP contribution in [0.25, 0.3) is 11.4 Å². The van der Waals surface area contributed by atoms with E-state index >= 15 is 0 Å². The number of anilines is 1. The number of fused-ring (bicyclic) bond motifs is 1. The highest BCUT2D eigenvalue weighted by Crippen LogP contribution is 2.26. The first-order valence-corrected chi connectivity index (χ1v) is 10.2. The number of hydrogen-bond acceptors (Lipinski definition) is 4. The maximum absolute atomic E-state index is 12.3. The second-order valence-electron chi connectivity index (χ2n) is 6.07. The van der Waals surface area contributed by atoms with Gasteiger partial charge in [0.15, 0.2) is 5.82 Å². The van der Waals surface area contributed by atoms with E-state index in [0.29, 0.717) is 5.75 Å². The Labute approximate surface area is 164 Å². The van der Waals surface area contributed by atoms with Crippen molar-refractivity contribution in [1.82, 2.24) is 14.8 Å². The van der Waals surface area contributed by atoms with Crippen LogP contribution in [0.2, 0.25) is 0 Å². The molecular formula is C19H17BrN4OS. The summed E-state index contributed by atoms with van der Waals surface area (Å²) in [6.45, 7) is 0.956. The van der Waals surface area contributed by atoms with Crippen LogP contribution in [-0.4, -0.2) is 26.4 Å². The molecule has 0 radical (unpaired) electrons. The zero-order chi connectivity index (χ0) is 17.9. The summed E-state index contributed by atoms with van der Waals surface area (Å²) in [6, 6.07) is 15.7. The monoisotopic (exact) mass is 428 g/mol. The molecule has 2 heterocycles. The standard InChI is InChI=1S/C19H17BrN4OS/c20-14-6-8-16(9-7-14)26-12-18(25)21-15-4-1-3-13(11-15)19-23-22-17-5-2-10-24(17)19/h1,3-4,6-9,11H,2,5,10,12H2,(H,21,25). The molecule has 1 N–H and O–H groups in total. The minimum absolute atomic E-state index is 0.0264. The lowest BCUT2D eigenvalue weighted by Gasteiger charge is -2.08. The molecule has 2 aromatic carbocycles. The fraction of sp³-hybridized carbons (Fsp3) is 0.211. The van der Waals surface area contributed by atoms with Gasteiger partial charge in [-0.05, 0) is 42.8 Å². The number of aromatic nitrogens is 3. The maximum atomic E-state index is 12.3. The molecule has 3 aromatic rings. The minimum Gasteiger partial charge on any atom is -0.325 e. The van der Waals surface area contributed by atoms with E-state index in [1.165, 1.54) is 11.8 Å². The minimum atomic E-state index is -0.0264. The van der Waals surface area contributed by atoms with Crippen molar-refractivity contribution in [3.8, 4) is 11.4 Å². The first-order chi connectivity index (χ1) is 12.7. The third-order valence-corrected chi connectivity index (χ3v) is 5.74. The summed E-state index contributed by atoms with van der Waals surface area (Å²) in [7, 11) is 0. The fourth-order valence-corrected chi connectivity index (χ4v) is 3.94. The Bertz CT molecular complexity index is 939. The van der Waals surface area contributed by atoms with Gasteiger partial charge in [-0.25, -0.2) is 0 Å². The van der Waals surface area contributed by atoms with Gasteiger partial charge in [-0.1, -0.05) is 28.1 Å². The van der Waals surface area contributed by atoms with Gasteiger partial charge < -0.3 is 9.88 Å². The number of nitrogens with one attached hydrogen (secondary N) is 1. The molecule has 0 atom stereocenters. The van der Waals surface area contributed by atoms with Crippen molar-refractivity contribution in [3.05, 3.63) is 58.8 Å². The van der Waals surface area contributed by atoms with E-state index in [0.717, 1.165) is 51.7 Å². The van der Waals surface area contributed by atoms with Crippen LogP contribution in [-0.2, 0) is 17.8 Å². The van der Waals surface area contributed by atoms with Crippen LogP contribution in [0.3, 0.4) is 0 Å². The molecule has 0 aliphatic carbocycles. The van der Waals surface area contributed by atoms with Gasteiger partial charge in [0, 0.05) is 33.6 Å². The molecule has 1 aromatic heterocycles. The van der Waals surface area contributed by atoms with Crippen molar-refractivity contribution in [2.24, 2.45) is 0 Å². The summed E-state index contributed by atoms with van der Waals surface area (Å²) in [5, 5.41) is 11.5. The number of carbonyl (C=O) groups excluding carboxylic acids is 1. The van der Waals surface area contributed by atoms with Crippen LogP contribution in [0.15, 0.2) is 57.9 Å². The zero-order valence-electron chi connectivity index (χ0n) is 14.0. The highest BCUT2D eigenvalue weighted by Gasteiger charge is 2.18. The number of thioether (sulfide) groups is 1. The lowest BCUT2D eigenvalue weighted by atomic mass is 10.2. The van der Waals surface area contributed by atoms with Crippen LogP contribution in [0, 0.1) is 0 Å². The molecule has 4 rings (SSSR count). The van der Waals surface area contributed by atoms with Crippen molar-refractivity contribution < 1.29 is 4.79 Å². The van der Waals surface area contributed by atoms with E-state index in [1.54, 1.807) is 0 Å². The third-order valence-electron chi connectivity index (χ3n) is 4.20. The highest BCUT2D eigenvalue weighted by atomic mass is 79.9. The first-order valence-electron chi connectivity index (χ1n) is 8.40. The van der Waals surface area contributed by atoms with Crippen LogP contribution in [0.4, 0.5) is 5.69 Å². The van der Waals surface area contributed by atoms with Crippen LogP contribution in [0.5, 0.6) is 0 Å². The van der Waals surface area contributed by atoms with Gasteiger partial charge in [0.2, 0.25) is 5.91 Å². The average Bonchev–Trinajstić information content (AvgIpc) is 3.25. The van der Waals surface area contributed by atoms with Crippen molar-refractivity contribution in [3.63, 3.8) is 0 Å². The molecule has 0 fully saturated rings. The number of aryl methyl sites for hydroxylation is 1. The average molecular weight is 429 g/mol. The zero-order valence-corrected chi connectivity index (χ0v) is 16.4. The smallest absolute Gasteiger partial charge is 0.234 e. The molecule has 1 aliphatic rings. The summed E-state index contributed by atoms with van der Waals surface area (Å²) >= 11 is 4.93. The normalized spacial score (nSPS) is 12.8. The van der Waals surface area contributed by atoms with Gasteiger partial charge in [-0.15, -0.1) is 22.0 Å². The molecule has 7 heteroatoms. The van der Waals surface area contributed by atoms with E-state index in [4.69, 9.17) is 0 Å². The maximum Gasteiger partial charge on any atom is 0.234 e. The second kappa shape index (κ2) is 7.63. The summed E-state index contributed by atoms with van der Waals surface area (Å²) in [5.41, 5.74) is 1.75. The van der Waals surface area contributed by atoms with Gasteiger partial charge in [-0.3, -0.25) is 4.79 Å². The largest absolute Gasteiger partial charge is 0.325 e. The molecule has 0 saturated carbocycles. The van der Waals surface area contributed by atoms with E-state index < -0.39 is 0 Å². The first kappa shape index (κ1) is 17.3. The Morgan fingerprint density at radius 2 is 2.04 bits per heavy atom. The van der Waals surface area contributed by atoms with Gasteiger partial charge in [-0.2, -0.15) is 0 Å². The van der Waals surface area contributed by atoms with Crippen LogP contribution >= 0.6 is 27.7 Å². The highest BCUT2D eigenvalue weighted by molar-refractivity contribution is 9.10. The van der Waals surface area contributed by atoms with E-state index in [1.807, 2.05) is 48.5 Å². The van der Waals surface area contributed by atoms with Gasteiger partial charge in [0.25, 0.3) is 0 Å². The number of carbonyl (C=O) groups is 1. The quantitative estimate of drug-likeness (QED) is 0.612. The van der Waals surface area contributed by atoms with Gasteiger partial charge in [0.05, 0.1) is 5.75 Å². The SMILES string of the molecule is O=C(CSc1ccc(Br)cc1)Nc1cccc(-c2nnc3n2CCC3)c1. The summed E-state index contributed by atoms with van der Waals surface area (Å²) in [4.78, 5) is 13.3. The van der Waals surface area contributed by atoms with Crippen LogP contribution in [0.1, 0.15) is 12.2 Å². The Hall–Kier alpha value is -2.12. The number of nitrogens with zero attached hydrogens (tertiary/aromatic N) is 3. The Morgan fingerprint density at radius 1 is 1.19 bits per heavy atom. The van der Waals surface area contributed by atoms with Gasteiger partial charge in [0.1, 0.15) is 5.82 Å². The predicted octanol–water partition coefficient (Wildman–Crippen LogP) is 4.38. The molecular weight excluding hydrogens is 412 g/mol. The van der Waals surface area contributed by atoms with Crippen molar-refractivity contribution in [1.29, 1.82) is 0 Å². The topological polar surface area (TPSA) is 59.8 Å². The van der Waals surface area contributed by atoms with Gasteiger partial charge >= 0.3 is 0 Å². The Kier molecular flexibility index (Phi) is 5.08. The number of halogens is 1. The molecule has 132 valence electrons. The van der Waals surface area contributed by atoms with Crippen LogP contribution < -0.4 is 5.32 Å². The molecule has 0 unspecified atom stereocenters.